The van der Waals surface area contributed by atoms with Crippen LogP contribution in [0, 0.1) is 6.92 Å². The summed E-state index contributed by atoms with van der Waals surface area (Å²) in [6.45, 7) is 3.28. The van der Waals surface area contributed by atoms with Gasteiger partial charge in [-0.2, -0.15) is 5.10 Å². The summed E-state index contributed by atoms with van der Waals surface area (Å²) < 4.78 is 1.45. The summed E-state index contributed by atoms with van der Waals surface area (Å²) in [5.74, 6) is -0.807. The Hall–Kier alpha value is -3.78. The molecule has 0 atom stereocenters. The van der Waals surface area contributed by atoms with Crippen molar-refractivity contribution in [3.63, 3.8) is 0 Å². The van der Waals surface area contributed by atoms with Crippen LogP contribution < -0.4 is 10.6 Å². The maximum Gasteiger partial charge on any atom is 0.256 e. The van der Waals surface area contributed by atoms with Gasteiger partial charge in [-0.25, -0.2) is 0 Å². The third-order valence-electron chi connectivity index (χ3n) is 4.81. The topological polar surface area (TPSA) is 96.3 Å². The van der Waals surface area contributed by atoms with Gasteiger partial charge in [-0.05, 0) is 27.1 Å². The highest BCUT2D eigenvalue weighted by Gasteiger charge is 2.18. The van der Waals surface area contributed by atoms with E-state index in [-0.39, 0.29) is 23.8 Å². The van der Waals surface area contributed by atoms with Gasteiger partial charge in [-0.15, -0.1) is 0 Å². The van der Waals surface area contributed by atoms with E-state index in [1.807, 2.05) is 38.1 Å². The zero-order chi connectivity index (χ0) is 23.1. The lowest BCUT2D eigenvalue weighted by molar-refractivity contribution is -0.121. The monoisotopic (exact) mass is 433 g/mol. The molecular weight excluding hydrogens is 406 g/mol. The molecule has 3 rings (SSSR count). The highest BCUT2D eigenvalue weighted by Crippen LogP contribution is 2.17. The largest absolute Gasteiger partial charge is 0.353 e. The normalized spacial score (nSPS) is 10.8. The van der Waals surface area contributed by atoms with Gasteiger partial charge in [0, 0.05) is 30.4 Å². The van der Waals surface area contributed by atoms with Crippen molar-refractivity contribution in [3.05, 3.63) is 83.2 Å². The Morgan fingerprint density at radius 3 is 2.38 bits per heavy atom. The Balaban J connectivity index is 1.66. The van der Waals surface area contributed by atoms with Crippen molar-refractivity contribution in [2.24, 2.45) is 0 Å². The van der Waals surface area contributed by atoms with E-state index in [1.165, 1.54) is 10.9 Å². The van der Waals surface area contributed by atoms with Crippen molar-refractivity contribution in [2.75, 3.05) is 32.5 Å². The summed E-state index contributed by atoms with van der Waals surface area (Å²) in [5, 5.41) is 9.69. The molecule has 3 aromatic rings. The second-order valence-electron chi connectivity index (χ2n) is 7.77. The molecule has 0 radical (unpaired) electrons. The molecule has 0 unspecified atom stereocenters. The van der Waals surface area contributed by atoms with Gasteiger partial charge in [0.05, 0.1) is 17.4 Å². The van der Waals surface area contributed by atoms with E-state index in [2.05, 4.69) is 15.7 Å². The molecule has 0 saturated heterocycles. The molecule has 1 aromatic heterocycles. The van der Waals surface area contributed by atoms with E-state index >= 15 is 0 Å². The van der Waals surface area contributed by atoms with Crippen molar-refractivity contribution < 1.29 is 14.4 Å². The van der Waals surface area contributed by atoms with Crippen LogP contribution in [0.5, 0.6) is 0 Å². The Bertz CT molecular complexity index is 1100. The molecule has 0 fully saturated rings. The summed E-state index contributed by atoms with van der Waals surface area (Å²) >= 11 is 0. The van der Waals surface area contributed by atoms with Gasteiger partial charge < -0.3 is 15.5 Å². The lowest BCUT2D eigenvalue weighted by atomic mass is 9.97. The number of amides is 2. The minimum Gasteiger partial charge on any atom is -0.353 e. The van der Waals surface area contributed by atoms with Crippen LogP contribution in [0.3, 0.4) is 0 Å². The zero-order valence-corrected chi connectivity index (χ0v) is 18.5. The average Bonchev–Trinajstić information content (AvgIpc) is 3.20. The molecule has 32 heavy (non-hydrogen) atoms. The number of rotatable bonds is 9. The summed E-state index contributed by atoms with van der Waals surface area (Å²) in [5.41, 5.74) is 2.60. The molecule has 0 spiro atoms. The SMILES string of the molecule is Cc1ccc(C(=O)c2ccccc2C(=O)Nc2cnn(CC(=O)NCCN(C)C)c2)cc1. The first kappa shape index (κ1) is 22.9. The van der Waals surface area contributed by atoms with Crippen molar-refractivity contribution in [1.29, 1.82) is 0 Å². The van der Waals surface area contributed by atoms with Gasteiger partial charge >= 0.3 is 0 Å². The highest BCUT2D eigenvalue weighted by atomic mass is 16.2. The van der Waals surface area contributed by atoms with E-state index < -0.39 is 5.91 Å². The standard InChI is InChI=1S/C24H27N5O3/c1-17-8-10-18(11-9-17)23(31)20-6-4-5-7-21(20)24(32)27-19-14-26-29(15-19)16-22(30)25-12-13-28(2)3/h4-11,14-15H,12-13,16H2,1-3H3,(H,25,30)(H,27,32). The predicted molar refractivity (Wildman–Crippen MR) is 123 cm³/mol. The van der Waals surface area contributed by atoms with Crippen molar-refractivity contribution >= 4 is 23.3 Å². The first-order chi connectivity index (χ1) is 15.3. The molecule has 166 valence electrons. The van der Waals surface area contributed by atoms with Crippen LogP contribution in [-0.4, -0.2) is 59.5 Å². The molecule has 0 bridgehead atoms. The highest BCUT2D eigenvalue weighted by molar-refractivity contribution is 6.17. The summed E-state index contributed by atoms with van der Waals surface area (Å²) in [4.78, 5) is 39.8. The van der Waals surface area contributed by atoms with Gasteiger partial charge in [0.2, 0.25) is 5.91 Å². The molecule has 0 aliphatic carbocycles. The number of carbonyl (C=O) groups excluding carboxylic acids is 3. The summed E-state index contributed by atoms with van der Waals surface area (Å²) in [6, 6.07) is 13.9. The van der Waals surface area contributed by atoms with Crippen molar-refractivity contribution in [1.82, 2.24) is 20.0 Å². The average molecular weight is 434 g/mol. The van der Waals surface area contributed by atoms with Gasteiger partial charge in [0.15, 0.2) is 5.78 Å². The van der Waals surface area contributed by atoms with E-state index in [4.69, 9.17) is 0 Å². The number of aromatic nitrogens is 2. The Labute approximate surface area is 187 Å². The van der Waals surface area contributed by atoms with Crippen LogP contribution in [0.2, 0.25) is 0 Å². The molecule has 8 heteroatoms. The summed E-state index contributed by atoms with van der Waals surface area (Å²) in [6.07, 6.45) is 3.04. The van der Waals surface area contributed by atoms with E-state index in [1.54, 1.807) is 42.6 Å². The second-order valence-corrected chi connectivity index (χ2v) is 7.77. The fourth-order valence-corrected chi connectivity index (χ4v) is 3.07. The predicted octanol–water partition coefficient (Wildman–Crippen LogP) is 2.35. The fourth-order valence-electron chi connectivity index (χ4n) is 3.07. The molecule has 2 aromatic carbocycles. The Morgan fingerprint density at radius 1 is 1.00 bits per heavy atom. The Morgan fingerprint density at radius 2 is 1.69 bits per heavy atom. The maximum atomic E-state index is 12.9. The molecule has 0 saturated carbocycles. The minimum atomic E-state index is -0.420. The number of anilines is 1. The molecule has 8 nitrogen and oxygen atoms in total. The van der Waals surface area contributed by atoms with E-state index in [0.29, 0.717) is 23.4 Å². The van der Waals surface area contributed by atoms with E-state index in [9.17, 15) is 14.4 Å². The first-order valence-electron chi connectivity index (χ1n) is 10.3. The Kier molecular flexibility index (Phi) is 7.51. The molecule has 0 aliphatic rings. The van der Waals surface area contributed by atoms with Crippen LogP contribution >= 0.6 is 0 Å². The molecule has 1 heterocycles. The molecule has 0 aliphatic heterocycles. The molecule has 2 amide bonds. The smallest absolute Gasteiger partial charge is 0.256 e. The summed E-state index contributed by atoms with van der Waals surface area (Å²) in [7, 11) is 3.86. The van der Waals surface area contributed by atoms with Crippen LogP contribution in [-0.2, 0) is 11.3 Å². The first-order valence-corrected chi connectivity index (χ1v) is 10.3. The number of hydrogen-bond acceptors (Lipinski definition) is 5. The maximum absolute atomic E-state index is 12.9. The number of nitrogens with zero attached hydrogens (tertiary/aromatic N) is 3. The number of benzene rings is 2. The van der Waals surface area contributed by atoms with Gasteiger partial charge in [-0.1, -0.05) is 48.0 Å². The third-order valence-corrected chi connectivity index (χ3v) is 4.81. The number of likely N-dealkylation sites (N-methyl/N-ethyl adjacent to an activating group) is 1. The number of hydrogen-bond donors (Lipinski definition) is 2. The molecule has 2 N–H and O–H groups in total. The number of aryl methyl sites for hydroxylation is 1. The third kappa shape index (κ3) is 6.12. The van der Waals surface area contributed by atoms with Crippen molar-refractivity contribution in [2.45, 2.75) is 13.5 Å². The lowest BCUT2D eigenvalue weighted by Gasteiger charge is -2.10. The van der Waals surface area contributed by atoms with Gasteiger partial charge in [0.1, 0.15) is 6.54 Å². The van der Waals surface area contributed by atoms with Crippen LogP contribution in [0.25, 0.3) is 0 Å². The lowest BCUT2D eigenvalue weighted by Crippen LogP contribution is -2.33. The van der Waals surface area contributed by atoms with Crippen LogP contribution in [0.15, 0.2) is 60.9 Å². The quantitative estimate of drug-likeness (QED) is 0.505. The zero-order valence-electron chi connectivity index (χ0n) is 18.5. The van der Waals surface area contributed by atoms with Crippen molar-refractivity contribution in [3.8, 4) is 0 Å². The second kappa shape index (κ2) is 10.5. The van der Waals surface area contributed by atoms with E-state index in [0.717, 1.165) is 12.1 Å². The number of carbonyl (C=O) groups is 3. The minimum absolute atomic E-state index is 0.0474. The van der Waals surface area contributed by atoms with Gasteiger partial charge in [-0.3, -0.25) is 19.1 Å². The van der Waals surface area contributed by atoms with Crippen LogP contribution in [0.1, 0.15) is 31.8 Å². The number of ketones is 1. The molecular formula is C24H27N5O3. The van der Waals surface area contributed by atoms with Gasteiger partial charge in [0.25, 0.3) is 5.91 Å². The number of nitrogens with one attached hydrogen (secondary N) is 2. The van der Waals surface area contributed by atoms with Crippen LogP contribution in [0.4, 0.5) is 5.69 Å². The fraction of sp³-hybridized carbons (Fsp3) is 0.250.